The van der Waals surface area contributed by atoms with E-state index in [1.165, 1.54) is 51.0 Å². The minimum absolute atomic E-state index is 0.317. The molecule has 0 aliphatic rings. The molecule has 0 saturated heterocycles. The Kier molecular flexibility index (Phi) is 13.4. The van der Waals surface area contributed by atoms with Gasteiger partial charge in [0, 0.05) is 24.5 Å². The SMILES string of the molecule is CCCCCCCCCCC#CCCOC(=O)C=Cc1ccc(C=O)cc1. The molecule has 0 N–H and O–H groups in total. The van der Waals surface area contributed by atoms with Gasteiger partial charge in [-0.15, -0.1) is 5.92 Å². The van der Waals surface area contributed by atoms with Gasteiger partial charge in [-0.1, -0.05) is 82.1 Å². The average Bonchev–Trinajstić information content (AvgIpc) is 2.70. The summed E-state index contributed by atoms with van der Waals surface area (Å²) in [5.74, 6) is 5.84. The summed E-state index contributed by atoms with van der Waals surface area (Å²) in [6.07, 6.45) is 15.8. The maximum Gasteiger partial charge on any atom is 0.330 e. The number of esters is 1. The van der Waals surface area contributed by atoms with E-state index in [9.17, 15) is 9.59 Å². The van der Waals surface area contributed by atoms with Crippen molar-refractivity contribution in [3.05, 3.63) is 41.5 Å². The van der Waals surface area contributed by atoms with E-state index in [1.807, 2.05) is 0 Å². The second kappa shape index (κ2) is 15.9. The van der Waals surface area contributed by atoms with Crippen molar-refractivity contribution in [2.24, 2.45) is 0 Å². The molecule has 0 spiro atoms. The van der Waals surface area contributed by atoms with Crippen molar-refractivity contribution in [3.8, 4) is 11.8 Å². The number of unbranched alkanes of at least 4 members (excludes halogenated alkanes) is 8. The van der Waals surface area contributed by atoms with Crippen molar-refractivity contribution in [2.45, 2.75) is 71.1 Å². The molecule has 1 rings (SSSR count). The Balaban J connectivity index is 2.02. The van der Waals surface area contributed by atoms with E-state index in [0.717, 1.165) is 24.7 Å². The van der Waals surface area contributed by atoms with Gasteiger partial charge >= 0.3 is 5.97 Å². The van der Waals surface area contributed by atoms with Crippen molar-refractivity contribution in [2.75, 3.05) is 6.61 Å². The maximum atomic E-state index is 11.6. The van der Waals surface area contributed by atoms with Crippen LogP contribution in [0, 0.1) is 11.8 Å². The highest BCUT2D eigenvalue weighted by atomic mass is 16.5. The first kappa shape index (κ1) is 22.7. The summed E-state index contributed by atoms with van der Waals surface area (Å²) >= 11 is 0. The summed E-state index contributed by atoms with van der Waals surface area (Å²) in [6, 6.07) is 6.98. The zero-order chi connectivity index (χ0) is 19.6. The number of ether oxygens (including phenoxy) is 1. The second-order valence-electron chi connectivity index (χ2n) is 6.61. The molecule has 0 saturated carbocycles. The first-order valence-corrected chi connectivity index (χ1v) is 10.1. The largest absolute Gasteiger partial charge is 0.462 e. The number of rotatable bonds is 13. The molecule has 3 nitrogen and oxygen atoms in total. The van der Waals surface area contributed by atoms with Crippen molar-refractivity contribution in [3.63, 3.8) is 0 Å². The van der Waals surface area contributed by atoms with Gasteiger partial charge < -0.3 is 4.74 Å². The standard InChI is InChI=1S/C24H32O3/c1-2-3-4-5-6-7-8-9-10-11-12-13-20-27-24(26)19-18-22-14-16-23(21-25)17-15-22/h14-19,21H,2-10,13,20H2,1H3. The number of hydrogen-bond acceptors (Lipinski definition) is 3. The first-order chi connectivity index (χ1) is 13.3. The van der Waals surface area contributed by atoms with Crippen LogP contribution in [0.3, 0.4) is 0 Å². The molecule has 27 heavy (non-hydrogen) atoms. The number of aldehydes is 1. The Bertz CT molecular complexity index is 617. The molecule has 0 aliphatic carbocycles. The normalized spacial score (nSPS) is 10.4. The van der Waals surface area contributed by atoms with Crippen molar-refractivity contribution >= 4 is 18.3 Å². The van der Waals surface area contributed by atoms with Crippen LogP contribution >= 0.6 is 0 Å². The molecule has 0 atom stereocenters. The first-order valence-electron chi connectivity index (χ1n) is 10.1. The van der Waals surface area contributed by atoms with Gasteiger partial charge in [-0.25, -0.2) is 4.79 Å². The van der Waals surface area contributed by atoms with Gasteiger partial charge in [-0.2, -0.15) is 0 Å². The van der Waals surface area contributed by atoms with Gasteiger partial charge in [0.05, 0.1) is 0 Å². The number of benzene rings is 1. The van der Waals surface area contributed by atoms with E-state index < -0.39 is 0 Å². The van der Waals surface area contributed by atoms with Gasteiger partial charge in [0.25, 0.3) is 0 Å². The molecule has 0 unspecified atom stereocenters. The minimum atomic E-state index is -0.376. The number of carbonyl (C=O) groups excluding carboxylic acids is 2. The fourth-order valence-electron chi connectivity index (χ4n) is 2.62. The lowest BCUT2D eigenvalue weighted by Crippen LogP contribution is -2.01. The average molecular weight is 369 g/mol. The van der Waals surface area contributed by atoms with Gasteiger partial charge in [-0.3, -0.25) is 4.79 Å². The highest BCUT2D eigenvalue weighted by Crippen LogP contribution is 2.09. The molecule has 3 heteroatoms. The third-order valence-corrected chi connectivity index (χ3v) is 4.24. The van der Waals surface area contributed by atoms with Gasteiger partial charge in [0.2, 0.25) is 0 Å². The van der Waals surface area contributed by atoms with E-state index >= 15 is 0 Å². The van der Waals surface area contributed by atoms with Crippen molar-refractivity contribution in [1.29, 1.82) is 0 Å². The molecule has 0 amide bonds. The zero-order valence-electron chi connectivity index (χ0n) is 16.5. The molecular formula is C24H32O3. The van der Waals surface area contributed by atoms with E-state index in [0.29, 0.717) is 18.6 Å². The summed E-state index contributed by atoms with van der Waals surface area (Å²) in [7, 11) is 0. The quantitative estimate of drug-likeness (QED) is 0.141. The topological polar surface area (TPSA) is 43.4 Å². The summed E-state index contributed by atoms with van der Waals surface area (Å²) < 4.78 is 5.12. The van der Waals surface area contributed by atoms with Crippen LogP contribution in [-0.2, 0) is 9.53 Å². The van der Waals surface area contributed by atoms with Crippen LogP contribution in [0.5, 0.6) is 0 Å². The van der Waals surface area contributed by atoms with Crippen LogP contribution in [-0.4, -0.2) is 18.9 Å². The molecule has 0 aromatic heterocycles. The van der Waals surface area contributed by atoms with Crippen LogP contribution in [0.25, 0.3) is 6.08 Å². The number of carbonyl (C=O) groups is 2. The van der Waals surface area contributed by atoms with Crippen molar-refractivity contribution < 1.29 is 14.3 Å². The van der Waals surface area contributed by atoms with Gasteiger partial charge in [-0.05, 0) is 18.1 Å². The Morgan fingerprint density at radius 2 is 1.48 bits per heavy atom. The van der Waals surface area contributed by atoms with E-state index in [-0.39, 0.29) is 5.97 Å². The number of hydrogen-bond donors (Lipinski definition) is 0. The van der Waals surface area contributed by atoms with Crippen LogP contribution < -0.4 is 0 Å². The molecule has 1 aromatic carbocycles. The van der Waals surface area contributed by atoms with Crippen molar-refractivity contribution in [1.82, 2.24) is 0 Å². The molecule has 146 valence electrons. The Hall–Kier alpha value is -2.34. The predicted octanol–water partition coefficient (Wildman–Crippen LogP) is 5.98. The molecule has 1 aromatic rings. The fraction of sp³-hybridized carbons (Fsp3) is 0.500. The summed E-state index contributed by atoms with van der Waals surface area (Å²) in [4.78, 5) is 22.2. The van der Waals surface area contributed by atoms with Gasteiger partial charge in [0.1, 0.15) is 12.9 Å². The molecule has 0 aliphatic heterocycles. The van der Waals surface area contributed by atoms with Gasteiger partial charge in [0.15, 0.2) is 0 Å². The Morgan fingerprint density at radius 1 is 0.889 bits per heavy atom. The maximum absolute atomic E-state index is 11.6. The third-order valence-electron chi connectivity index (χ3n) is 4.24. The van der Waals surface area contributed by atoms with E-state index in [1.54, 1.807) is 30.3 Å². The highest BCUT2D eigenvalue weighted by molar-refractivity contribution is 5.87. The molecule has 0 heterocycles. The predicted molar refractivity (Wildman–Crippen MR) is 111 cm³/mol. The summed E-state index contributed by atoms with van der Waals surface area (Å²) in [6.45, 7) is 2.56. The monoisotopic (exact) mass is 368 g/mol. The summed E-state index contributed by atoms with van der Waals surface area (Å²) in [5, 5.41) is 0. The van der Waals surface area contributed by atoms with Crippen LogP contribution in [0.15, 0.2) is 30.3 Å². The Labute approximate surface area is 164 Å². The highest BCUT2D eigenvalue weighted by Gasteiger charge is 1.96. The molecule has 0 radical (unpaired) electrons. The molecule has 0 bridgehead atoms. The molecular weight excluding hydrogens is 336 g/mol. The van der Waals surface area contributed by atoms with Crippen LogP contribution in [0.2, 0.25) is 0 Å². The lowest BCUT2D eigenvalue weighted by atomic mass is 10.1. The van der Waals surface area contributed by atoms with E-state index in [4.69, 9.17) is 4.74 Å². The lowest BCUT2D eigenvalue weighted by molar-refractivity contribution is -0.137. The summed E-state index contributed by atoms with van der Waals surface area (Å²) in [5.41, 5.74) is 1.46. The third kappa shape index (κ3) is 12.6. The molecule has 0 fully saturated rings. The fourth-order valence-corrected chi connectivity index (χ4v) is 2.62. The van der Waals surface area contributed by atoms with Crippen LogP contribution in [0.1, 0.15) is 87.1 Å². The smallest absolute Gasteiger partial charge is 0.330 e. The lowest BCUT2D eigenvalue weighted by Gasteiger charge is -1.99. The zero-order valence-corrected chi connectivity index (χ0v) is 16.5. The second-order valence-corrected chi connectivity index (χ2v) is 6.61. The minimum Gasteiger partial charge on any atom is -0.462 e. The van der Waals surface area contributed by atoms with Crippen LogP contribution in [0.4, 0.5) is 0 Å². The Morgan fingerprint density at radius 3 is 2.15 bits per heavy atom. The van der Waals surface area contributed by atoms with E-state index in [2.05, 4.69) is 18.8 Å².